The molecular weight excluding hydrogens is 342 g/mol. The third kappa shape index (κ3) is 2.73. The first-order valence-corrected chi connectivity index (χ1v) is 9.05. The summed E-state index contributed by atoms with van der Waals surface area (Å²) in [4.78, 5) is 25.5. The zero-order valence-corrected chi connectivity index (χ0v) is 14.6. The zero-order chi connectivity index (χ0) is 18.4. The smallest absolute Gasteiger partial charge is 0.229 e. The van der Waals surface area contributed by atoms with Crippen LogP contribution < -0.4 is 0 Å². The number of ketones is 1. The van der Waals surface area contributed by atoms with E-state index in [4.69, 9.17) is 14.4 Å². The van der Waals surface area contributed by atoms with Crippen LogP contribution in [0.15, 0.2) is 47.0 Å². The molecule has 0 unspecified atom stereocenters. The lowest BCUT2D eigenvalue weighted by Crippen LogP contribution is -2.14. The highest BCUT2D eigenvalue weighted by atomic mass is 16.3. The largest absolute Gasteiger partial charge is 0.508 e. The first kappa shape index (κ1) is 15.9. The molecule has 0 amide bonds. The van der Waals surface area contributed by atoms with Gasteiger partial charge in [0.05, 0.1) is 11.1 Å². The summed E-state index contributed by atoms with van der Waals surface area (Å²) < 4.78 is 6.01. The highest BCUT2D eigenvalue weighted by molar-refractivity contribution is 6.02. The van der Waals surface area contributed by atoms with Crippen molar-refractivity contribution in [1.82, 2.24) is 15.0 Å². The molecule has 0 bridgehead atoms. The molecule has 1 aliphatic carbocycles. The van der Waals surface area contributed by atoms with Crippen LogP contribution in [0.4, 0.5) is 0 Å². The van der Waals surface area contributed by atoms with Gasteiger partial charge in [-0.15, -0.1) is 0 Å². The maximum atomic E-state index is 11.7. The van der Waals surface area contributed by atoms with E-state index in [1.165, 1.54) is 0 Å². The molecule has 3 heterocycles. The molecule has 0 atom stereocenters. The normalized spacial score (nSPS) is 15.6. The standard InChI is InChI=1S/C21H17N3O3/c25-14-8-6-12(7-9-14)17-19-18(16-5-2-10-22-21(16)27-19)24-20(23-17)13-3-1-4-15(26)11-13/h1-5,10-12,26H,6-9H2. The van der Waals surface area contributed by atoms with Crippen LogP contribution in [0, 0.1) is 0 Å². The SMILES string of the molecule is O=C1CCC(c2nc(-c3cccc(O)c3)nc3c2oc2ncccc23)CC1. The van der Waals surface area contributed by atoms with E-state index in [9.17, 15) is 9.90 Å². The van der Waals surface area contributed by atoms with Crippen LogP contribution in [0.3, 0.4) is 0 Å². The van der Waals surface area contributed by atoms with Crippen molar-refractivity contribution in [2.75, 3.05) is 0 Å². The van der Waals surface area contributed by atoms with Gasteiger partial charge < -0.3 is 9.52 Å². The fourth-order valence-electron chi connectivity index (χ4n) is 3.76. The summed E-state index contributed by atoms with van der Waals surface area (Å²) in [5, 5.41) is 10.7. The van der Waals surface area contributed by atoms with Gasteiger partial charge in [0.15, 0.2) is 11.4 Å². The quantitative estimate of drug-likeness (QED) is 0.572. The molecule has 5 rings (SSSR count). The summed E-state index contributed by atoms with van der Waals surface area (Å²) in [5.74, 6) is 1.15. The summed E-state index contributed by atoms with van der Waals surface area (Å²) in [6.07, 6.45) is 4.34. The molecule has 0 aliphatic heterocycles. The van der Waals surface area contributed by atoms with Gasteiger partial charge in [-0.2, -0.15) is 0 Å². The van der Waals surface area contributed by atoms with Crippen molar-refractivity contribution in [2.24, 2.45) is 0 Å². The zero-order valence-electron chi connectivity index (χ0n) is 14.6. The van der Waals surface area contributed by atoms with Crippen molar-refractivity contribution in [3.63, 3.8) is 0 Å². The van der Waals surface area contributed by atoms with Crippen molar-refractivity contribution < 1.29 is 14.3 Å². The lowest BCUT2D eigenvalue weighted by molar-refractivity contribution is -0.120. The second kappa shape index (κ2) is 6.16. The number of phenolic OH excluding ortho intramolecular Hbond substituents is 1. The molecule has 6 heteroatoms. The van der Waals surface area contributed by atoms with E-state index in [0.717, 1.165) is 35.0 Å². The van der Waals surface area contributed by atoms with Crippen LogP contribution in [0.25, 0.3) is 33.6 Å². The Labute approximate surface area is 154 Å². The second-order valence-electron chi connectivity index (χ2n) is 6.93. The fourth-order valence-corrected chi connectivity index (χ4v) is 3.76. The average molecular weight is 359 g/mol. The third-order valence-electron chi connectivity index (χ3n) is 5.15. The molecule has 27 heavy (non-hydrogen) atoms. The van der Waals surface area contributed by atoms with E-state index >= 15 is 0 Å². The van der Waals surface area contributed by atoms with Gasteiger partial charge in [0.25, 0.3) is 0 Å². The predicted octanol–water partition coefficient (Wildman–Crippen LogP) is 4.37. The number of aromatic hydroxyl groups is 1. The number of fused-ring (bicyclic) bond motifs is 3. The number of phenols is 1. The van der Waals surface area contributed by atoms with E-state index in [0.29, 0.717) is 35.7 Å². The van der Waals surface area contributed by atoms with Gasteiger partial charge >= 0.3 is 0 Å². The van der Waals surface area contributed by atoms with Gasteiger partial charge in [-0.3, -0.25) is 4.79 Å². The van der Waals surface area contributed by atoms with Crippen molar-refractivity contribution in [3.05, 3.63) is 48.3 Å². The van der Waals surface area contributed by atoms with Crippen LogP contribution in [0.5, 0.6) is 5.75 Å². The summed E-state index contributed by atoms with van der Waals surface area (Å²) in [7, 11) is 0. The molecule has 3 aromatic heterocycles. The Morgan fingerprint density at radius 2 is 1.93 bits per heavy atom. The molecule has 1 fully saturated rings. The monoisotopic (exact) mass is 359 g/mol. The summed E-state index contributed by atoms with van der Waals surface area (Å²) in [6, 6.07) is 10.7. The Bertz CT molecular complexity index is 1170. The van der Waals surface area contributed by atoms with Gasteiger partial charge in [-0.05, 0) is 37.1 Å². The Morgan fingerprint density at radius 3 is 2.74 bits per heavy atom. The van der Waals surface area contributed by atoms with E-state index < -0.39 is 0 Å². The number of carbonyl (C=O) groups excluding carboxylic acids is 1. The van der Waals surface area contributed by atoms with Gasteiger partial charge in [0.2, 0.25) is 5.71 Å². The van der Waals surface area contributed by atoms with Crippen LogP contribution in [0.2, 0.25) is 0 Å². The van der Waals surface area contributed by atoms with Gasteiger partial charge in [-0.25, -0.2) is 15.0 Å². The molecule has 1 saturated carbocycles. The van der Waals surface area contributed by atoms with Gasteiger partial charge in [0, 0.05) is 30.5 Å². The third-order valence-corrected chi connectivity index (χ3v) is 5.15. The van der Waals surface area contributed by atoms with Crippen molar-refractivity contribution >= 4 is 28.0 Å². The molecule has 1 N–H and O–H groups in total. The lowest BCUT2D eigenvalue weighted by atomic mass is 9.85. The van der Waals surface area contributed by atoms with E-state index in [2.05, 4.69) is 4.98 Å². The lowest BCUT2D eigenvalue weighted by Gasteiger charge is -2.20. The number of aromatic nitrogens is 3. The maximum absolute atomic E-state index is 11.7. The number of pyridine rings is 1. The van der Waals surface area contributed by atoms with Crippen LogP contribution in [-0.2, 0) is 4.79 Å². The Kier molecular flexibility index (Phi) is 3.63. The van der Waals surface area contributed by atoms with Crippen molar-refractivity contribution in [2.45, 2.75) is 31.6 Å². The number of Topliss-reactive ketones (excluding diaryl/α,β-unsaturated/α-hetero) is 1. The van der Waals surface area contributed by atoms with E-state index in [-0.39, 0.29) is 11.7 Å². The molecule has 1 aliphatic rings. The van der Waals surface area contributed by atoms with Crippen molar-refractivity contribution in [3.8, 4) is 17.1 Å². The van der Waals surface area contributed by atoms with E-state index in [1.54, 1.807) is 24.4 Å². The van der Waals surface area contributed by atoms with Gasteiger partial charge in [-0.1, -0.05) is 12.1 Å². The number of benzene rings is 1. The maximum Gasteiger partial charge on any atom is 0.229 e. The highest BCUT2D eigenvalue weighted by Gasteiger charge is 2.27. The second-order valence-corrected chi connectivity index (χ2v) is 6.93. The van der Waals surface area contributed by atoms with Crippen LogP contribution >= 0.6 is 0 Å². The van der Waals surface area contributed by atoms with Crippen LogP contribution in [-0.4, -0.2) is 25.8 Å². The Hall–Kier alpha value is -3.28. The highest BCUT2D eigenvalue weighted by Crippen LogP contribution is 2.38. The van der Waals surface area contributed by atoms with Crippen LogP contribution in [0.1, 0.15) is 37.3 Å². The number of nitrogens with zero attached hydrogens (tertiary/aromatic N) is 3. The topological polar surface area (TPSA) is 89.1 Å². The molecule has 4 aromatic rings. The van der Waals surface area contributed by atoms with Crippen molar-refractivity contribution in [1.29, 1.82) is 0 Å². The molecule has 6 nitrogen and oxygen atoms in total. The first-order valence-electron chi connectivity index (χ1n) is 9.05. The average Bonchev–Trinajstić information content (AvgIpc) is 3.07. The summed E-state index contributed by atoms with van der Waals surface area (Å²) >= 11 is 0. The molecular formula is C21H17N3O3. The number of furan rings is 1. The van der Waals surface area contributed by atoms with Gasteiger partial charge in [0.1, 0.15) is 17.0 Å². The molecule has 0 radical (unpaired) electrons. The summed E-state index contributed by atoms with van der Waals surface area (Å²) in [6.45, 7) is 0. The predicted molar refractivity (Wildman–Crippen MR) is 100 cm³/mol. The number of rotatable bonds is 2. The first-order chi connectivity index (χ1) is 13.2. The molecule has 1 aromatic carbocycles. The molecule has 0 spiro atoms. The summed E-state index contributed by atoms with van der Waals surface area (Å²) in [5.41, 5.74) is 3.46. The minimum Gasteiger partial charge on any atom is -0.508 e. The minimum absolute atomic E-state index is 0.143. The number of carbonyl (C=O) groups is 1. The fraction of sp³-hybridized carbons (Fsp3) is 0.238. The molecule has 0 saturated heterocycles. The number of hydrogen-bond donors (Lipinski definition) is 1. The minimum atomic E-state index is 0.143. The molecule has 134 valence electrons. The Balaban J connectivity index is 1.76. The Morgan fingerprint density at radius 1 is 1.07 bits per heavy atom. The van der Waals surface area contributed by atoms with E-state index in [1.807, 2.05) is 18.2 Å². The number of hydrogen-bond acceptors (Lipinski definition) is 6.